The Balaban J connectivity index is 2.20. The van der Waals surface area contributed by atoms with E-state index >= 15 is 0 Å². The number of carbonyl (C=O) groups is 1. The van der Waals surface area contributed by atoms with Crippen LogP contribution in [0, 0.1) is 6.92 Å². The van der Waals surface area contributed by atoms with Crippen molar-refractivity contribution in [3.05, 3.63) is 17.0 Å². The maximum atomic E-state index is 11.9. The average molecular weight is 210 g/mol. The van der Waals surface area contributed by atoms with Gasteiger partial charge < -0.3 is 10.6 Å². The highest BCUT2D eigenvalue weighted by atomic mass is 32.1. The Morgan fingerprint density at radius 1 is 1.64 bits per heavy atom. The Bertz CT molecular complexity index is 368. The summed E-state index contributed by atoms with van der Waals surface area (Å²) in [5, 5.41) is 3.00. The van der Waals surface area contributed by atoms with Crippen molar-refractivity contribution in [1.82, 2.24) is 0 Å². The molecule has 3 nitrogen and oxygen atoms in total. The van der Waals surface area contributed by atoms with Crippen LogP contribution in [0.3, 0.4) is 0 Å². The third-order valence-electron chi connectivity index (χ3n) is 2.66. The molecule has 1 fully saturated rings. The highest BCUT2D eigenvalue weighted by molar-refractivity contribution is 7.14. The van der Waals surface area contributed by atoms with Gasteiger partial charge in [-0.1, -0.05) is 0 Å². The van der Waals surface area contributed by atoms with Crippen molar-refractivity contribution >= 4 is 22.2 Å². The number of likely N-dealkylation sites (N-methyl/N-ethyl adjacent to an activating group) is 1. The van der Waals surface area contributed by atoms with Crippen molar-refractivity contribution in [1.29, 1.82) is 0 Å². The first-order valence-corrected chi connectivity index (χ1v) is 5.54. The lowest BCUT2D eigenvalue weighted by Crippen LogP contribution is -2.43. The molecule has 1 saturated carbocycles. The first-order valence-electron chi connectivity index (χ1n) is 4.66. The highest BCUT2D eigenvalue weighted by Gasteiger charge is 2.47. The second kappa shape index (κ2) is 3.07. The summed E-state index contributed by atoms with van der Waals surface area (Å²) in [6.07, 6.45) is 1.64. The van der Waals surface area contributed by atoms with Gasteiger partial charge in [-0.15, -0.1) is 11.3 Å². The van der Waals surface area contributed by atoms with Crippen LogP contribution in [0.1, 0.15) is 18.4 Å². The Hall–Kier alpha value is -0.870. The third kappa shape index (κ3) is 1.44. The molecule has 1 amide bonds. The molecule has 0 bridgehead atoms. The molecular weight excluding hydrogens is 196 g/mol. The number of nitrogens with two attached hydrogens (primary N) is 1. The number of amides is 1. The van der Waals surface area contributed by atoms with E-state index in [-0.39, 0.29) is 5.91 Å². The minimum Gasteiger partial charge on any atom is -0.317 e. The fraction of sp³-hybridized carbons (Fsp3) is 0.500. The van der Waals surface area contributed by atoms with Crippen LogP contribution in [0.5, 0.6) is 0 Å². The van der Waals surface area contributed by atoms with E-state index in [1.807, 2.05) is 18.4 Å². The minimum atomic E-state index is -0.564. The summed E-state index contributed by atoms with van der Waals surface area (Å²) in [6, 6.07) is 2.01. The number of aryl methyl sites for hydroxylation is 1. The number of rotatable bonds is 2. The van der Waals surface area contributed by atoms with Gasteiger partial charge in [-0.05, 0) is 36.8 Å². The molecule has 76 valence electrons. The van der Waals surface area contributed by atoms with Crippen LogP contribution in [-0.2, 0) is 4.79 Å². The topological polar surface area (TPSA) is 46.3 Å². The highest BCUT2D eigenvalue weighted by Crippen LogP contribution is 2.36. The molecule has 14 heavy (non-hydrogen) atoms. The first kappa shape index (κ1) is 9.68. The van der Waals surface area contributed by atoms with Gasteiger partial charge in [0.15, 0.2) is 0 Å². The number of anilines is 1. The second-order valence-electron chi connectivity index (χ2n) is 3.93. The molecule has 0 aromatic carbocycles. The van der Waals surface area contributed by atoms with Gasteiger partial charge in [0.2, 0.25) is 5.91 Å². The zero-order chi connectivity index (χ0) is 10.3. The van der Waals surface area contributed by atoms with E-state index in [1.54, 1.807) is 23.3 Å². The third-order valence-corrected chi connectivity index (χ3v) is 3.75. The summed E-state index contributed by atoms with van der Waals surface area (Å²) in [7, 11) is 1.80. The molecule has 1 aliphatic rings. The number of carbonyl (C=O) groups excluding carboxylic acids is 1. The van der Waals surface area contributed by atoms with E-state index in [4.69, 9.17) is 5.73 Å². The number of thiophene rings is 1. The maximum Gasteiger partial charge on any atom is 0.247 e. The summed E-state index contributed by atoms with van der Waals surface area (Å²) >= 11 is 1.58. The largest absolute Gasteiger partial charge is 0.317 e. The summed E-state index contributed by atoms with van der Waals surface area (Å²) < 4.78 is 0. The molecule has 1 aromatic rings. The number of hydrogen-bond donors (Lipinski definition) is 1. The van der Waals surface area contributed by atoms with Crippen molar-refractivity contribution in [2.24, 2.45) is 5.73 Å². The summed E-state index contributed by atoms with van der Waals surface area (Å²) in [5.74, 6) is 0.0445. The van der Waals surface area contributed by atoms with Gasteiger partial charge in [0.1, 0.15) is 5.00 Å². The summed E-state index contributed by atoms with van der Waals surface area (Å²) in [4.78, 5) is 13.6. The van der Waals surface area contributed by atoms with Crippen LogP contribution in [-0.4, -0.2) is 18.5 Å². The van der Waals surface area contributed by atoms with Gasteiger partial charge in [-0.3, -0.25) is 4.79 Å². The van der Waals surface area contributed by atoms with Gasteiger partial charge >= 0.3 is 0 Å². The van der Waals surface area contributed by atoms with E-state index in [1.165, 1.54) is 0 Å². The van der Waals surface area contributed by atoms with Crippen molar-refractivity contribution in [3.8, 4) is 0 Å². The van der Waals surface area contributed by atoms with Crippen LogP contribution in [0.2, 0.25) is 0 Å². The fourth-order valence-corrected chi connectivity index (χ4v) is 2.38. The monoisotopic (exact) mass is 210 g/mol. The lowest BCUT2D eigenvalue weighted by atomic mass is 10.2. The van der Waals surface area contributed by atoms with Crippen molar-refractivity contribution in [2.75, 3.05) is 11.9 Å². The number of nitrogens with zero attached hydrogens (tertiary/aromatic N) is 1. The SMILES string of the molecule is Cc1ccsc1N(C)C(=O)C1(N)CC1. The molecule has 1 aliphatic carbocycles. The van der Waals surface area contributed by atoms with E-state index in [9.17, 15) is 4.79 Å². The summed E-state index contributed by atoms with van der Waals surface area (Å²) in [5.41, 5.74) is 6.43. The van der Waals surface area contributed by atoms with E-state index in [2.05, 4.69) is 0 Å². The molecular formula is C10H14N2OS. The van der Waals surface area contributed by atoms with Crippen LogP contribution in [0.25, 0.3) is 0 Å². The van der Waals surface area contributed by atoms with Crippen molar-refractivity contribution < 1.29 is 4.79 Å². The zero-order valence-electron chi connectivity index (χ0n) is 8.41. The molecule has 0 unspecified atom stereocenters. The van der Waals surface area contributed by atoms with Crippen molar-refractivity contribution in [2.45, 2.75) is 25.3 Å². The van der Waals surface area contributed by atoms with Gasteiger partial charge in [-0.2, -0.15) is 0 Å². The first-order chi connectivity index (χ1) is 6.54. The molecule has 0 atom stereocenters. The molecule has 4 heteroatoms. The predicted molar refractivity (Wildman–Crippen MR) is 58.6 cm³/mol. The Morgan fingerprint density at radius 2 is 2.29 bits per heavy atom. The van der Waals surface area contributed by atoms with Gasteiger partial charge in [0, 0.05) is 7.05 Å². The van der Waals surface area contributed by atoms with Crippen LogP contribution < -0.4 is 10.6 Å². The molecule has 1 heterocycles. The molecule has 0 radical (unpaired) electrons. The van der Waals surface area contributed by atoms with Crippen LogP contribution in [0.4, 0.5) is 5.00 Å². The Labute approximate surface area is 87.5 Å². The van der Waals surface area contributed by atoms with E-state index < -0.39 is 5.54 Å². The molecule has 0 aliphatic heterocycles. The Morgan fingerprint density at radius 3 is 2.71 bits per heavy atom. The Kier molecular flexibility index (Phi) is 2.12. The predicted octanol–water partition coefficient (Wildman–Crippen LogP) is 1.51. The lowest BCUT2D eigenvalue weighted by Gasteiger charge is -2.20. The van der Waals surface area contributed by atoms with Crippen molar-refractivity contribution in [3.63, 3.8) is 0 Å². The number of hydrogen-bond acceptors (Lipinski definition) is 3. The smallest absolute Gasteiger partial charge is 0.247 e. The zero-order valence-corrected chi connectivity index (χ0v) is 9.23. The van der Waals surface area contributed by atoms with Gasteiger partial charge in [0.25, 0.3) is 0 Å². The maximum absolute atomic E-state index is 11.9. The fourth-order valence-electron chi connectivity index (χ4n) is 1.48. The van der Waals surface area contributed by atoms with Crippen LogP contribution >= 0.6 is 11.3 Å². The van der Waals surface area contributed by atoms with E-state index in [0.29, 0.717) is 0 Å². The van der Waals surface area contributed by atoms with Crippen LogP contribution in [0.15, 0.2) is 11.4 Å². The van der Waals surface area contributed by atoms with Gasteiger partial charge in [-0.25, -0.2) is 0 Å². The summed E-state index contributed by atoms with van der Waals surface area (Å²) in [6.45, 7) is 2.01. The molecule has 0 spiro atoms. The molecule has 0 saturated heterocycles. The molecule has 1 aromatic heterocycles. The second-order valence-corrected chi connectivity index (χ2v) is 4.82. The normalized spacial score (nSPS) is 17.9. The van der Waals surface area contributed by atoms with E-state index in [0.717, 1.165) is 23.4 Å². The average Bonchev–Trinajstić information content (AvgIpc) is 2.75. The minimum absolute atomic E-state index is 0.0445. The molecule has 2 rings (SSSR count). The quantitative estimate of drug-likeness (QED) is 0.804. The molecule has 2 N–H and O–H groups in total. The standard InChI is InChI=1S/C10H14N2OS/c1-7-3-6-14-8(7)12(2)9(13)10(11)4-5-10/h3,6H,4-5,11H2,1-2H3. The van der Waals surface area contributed by atoms with Gasteiger partial charge in [0.05, 0.1) is 5.54 Å². The lowest BCUT2D eigenvalue weighted by molar-refractivity contribution is -0.120.